The van der Waals surface area contributed by atoms with E-state index in [4.69, 9.17) is 4.74 Å². The Hall–Kier alpha value is -1.33. The monoisotopic (exact) mass is 230 g/mol. The second-order valence-corrected chi connectivity index (χ2v) is 5.74. The quantitative estimate of drug-likeness (QED) is 0.737. The fraction of sp³-hybridized carbons (Fsp3) is 0.143. The van der Waals surface area contributed by atoms with Gasteiger partial charge in [-0.1, -0.05) is 42.5 Å². The second-order valence-electron chi connectivity index (χ2n) is 3.59. The van der Waals surface area contributed by atoms with Crippen molar-refractivity contribution in [1.29, 1.82) is 0 Å². The number of benzene rings is 2. The highest BCUT2D eigenvalue weighted by Crippen LogP contribution is 2.28. The summed E-state index contributed by atoms with van der Waals surface area (Å²) in [6.45, 7) is 2.28. The van der Waals surface area contributed by atoms with E-state index in [1.165, 1.54) is 10.6 Å². The molecule has 0 fully saturated rings. The van der Waals surface area contributed by atoms with Gasteiger partial charge in [0.25, 0.3) is 0 Å². The highest BCUT2D eigenvalue weighted by Gasteiger charge is 2.06. The average Bonchev–Trinajstić information content (AvgIpc) is 2.39. The van der Waals surface area contributed by atoms with E-state index in [0.717, 1.165) is 5.75 Å². The summed E-state index contributed by atoms with van der Waals surface area (Å²) in [5, 5.41) is 2.78. The smallest absolute Gasteiger partial charge is 0.118 e. The Kier molecular flexibility index (Phi) is 3.58. The summed E-state index contributed by atoms with van der Waals surface area (Å²) in [4.78, 5) is 0. The van der Waals surface area contributed by atoms with Crippen LogP contribution in [0.25, 0.3) is 0 Å². The molecule has 0 radical (unpaired) electrons. The minimum atomic E-state index is -0.244. The summed E-state index contributed by atoms with van der Waals surface area (Å²) in [6, 6.07) is 19.0. The van der Waals surface area contributed by atoms with E-state index >= 15 is 0 Å². The third-order valence-electron chi connectivity index (χ3n) is 2.60. The van der Waals surface area contributed by atoms with Gasteiger partial charge in [0.05, 0.1) is 7.11 Å². The topological polar surface area (TPSA) is 9.23 Å². The van der Waals surface area contributed by atoms with E-state index in [-0.39, 0.29) is 7.92 Å². The summed E-state index contributed by atoms with van der Waals surface area (Å²) < 4.78 is 5.16. The van der Waals surface area contributed by atoms with Gasteiger partial charge in [0.1, 0.15) is 5.75 Å². The highest BCUT2D eigenvalue weighted by molar-refractivity contribution is 7.72. The van der Waals surface area contributed by atoms with Gasteiger partial charge in [0.15, 0.2) is 0 Å². The van der Waals surface area contributed by atoms with Crippen LogP contribution in [-0.2, 0) is 0 Å². The molecule has 0 unspecified atom stereocenters. The Morgan fingerprint density at radius 1 is 0.812 bits per heavy atom. The maximum atomic E-state index is 5.16. The van der Waals surface area contributed by atoms with Crippen LogP contribution in [0, 0.1) is 0 Å². The maximum absolute atomic E-state index is 5.16. The van der Waals surface area contributed by atoms with Crippen molar-refractivity contribution in [2.24, 2.45) is 0 Å². The molecule has 2 aromatic carbocycles. The Labute approximate surface area is 97.8 Å². The van der Waals surface area contributed by atoms with Crippen molar-refractivity contribution < 1.29 is 4.74 Å². The molecule has 0 spiro atoms. The molecule has 2 aromatic rings. The zero-order valence-corrected chi connectivity index (χ0v) is 10.4. The van der Waals surface area contributed by atoms with Crippen LogP contribution >= 0.6 is 7.92 Å². The van der Waals surface area contributed by atoms with Gasteiger partial charge in [-0.25, -0.2) is 0 Å². The van der Waals surface area contributed by atoms with E-state index < -0.39 is 0 Å². The Morgan fingerprint density at radius 3 is 1.94 bits per heavy atom. The van der Waals surface area contributed by atoms with Crippen molar-refractivity contribution in [2.45, 2.75) is 0 Å². The molecule has 0 saturated heterocycles. The van der Waals surface area contributed by atoms with E-state index in [2.05, 4.69) is 49.1 Å². The molecular formula is C14H15OP. The number of ether oxygens (including phenoxy) is 1. The second kappa shape index (κ2) is 5.14. The summed E-state index contributed by atoms with van der Waals surface area (Å²) in [5.41, 5.74) is 0. The average molecular weight is 230 g/mol. The van der Waals surface area contributed by atoms with Gasteiger partial charge in [-0.15, -0.1) is 0 Å². The van der Waals surface area contributed by atoms with Crippen LogP contribution in [-0.4, -0.2) is 13.8 Å². The lowest BCUT2D eigenvalue weighted by Crippen LogP contribution is -2.09. The first kappa shape index (κ1) is 11.2. The van der Waals surface area contributed by atoms with Gasteiger partial charge >= 0.3 is 0 Å². The van der Waals surface area contributed by atoms with Crippen molar-refractivity contribution in [1.82, 2.24) is 0 Å². The molecule has 2 heteroatoms. The molecule has 1 atom stereocenters. The zero-order chi connectivity index (χ0) is 11.4. The molecule has 2 rings (SSSR count). The Balaban J connectivity index is 2.24. The molecule has 0 aliphatic carbocycles. The molecular weight excluding hydrogens is 215 g/mol. The molecule has 0 heterocycles. The van der Waals surface area contributed by atoms with Gasteiger partial charge in [-0.2, -0.15) is 0 Å². The third-order valence-corrected chi connectivity index (χ3v) is 4.75. The fourth-order valence-corrected chi connectivity index (χ4v) is 3.12. The van der Waals surface area contributed by atoms with Crippen LogP contribution < -0.4 is 15.3 Å². The van der Waals surface area contributed by atoms with Gasteiger partial charge in [-0.05, 0) is 37.3 Å². The van der Waals surface area contributed by atoms with Gasteiger partial charge in [0, 0.05) is 0 Å². The molecule has 0 aliphatic heterocycles. The predicted molar refractivity (Wildman–Crippen MR) is 71.5 cm³/mol. The summed E-state index contributed by atoms with van der Waals surface area (Å²) in [6.07, 6.45) is 0. The number of hydrogen-bond donors (Lipinski definition) is 0. The fourth-order valence-electron chi connectivity index (χ4n) is 1.61. The van der Waals surface area contributed by atoms with Crippen LogP contribution in [0.1, 0.15) is 0 Å². The predicted octanol–water partition coefficient (Wildman–Crippen LogP) is 2.76. The standard InChI is InChI=1S/C14H15OP/c1-15-12-8-10-14(11-9-12)16(2)13-6-4-3-5-7-13/h3-11H,1-2H3/t16-/m0/s1. The third kappa shape index (κ3) is 2.43. The molecule has 16 heavy (non-hydrogen) atoms. The Bertz CT molecular complexity index is 436. The molecule has 1 nitrogen and oxygen atoms in total. The van der Waals surface area contributed by atoms with E-state index in [0.29, 0.717) is 0 Å². The first-order chi connectivity index (χ1) is 7.81. The number of methoxy groups -OCH3 is 1. The minimum absolute atomic E-state index is 0.244. The van der Waals surface area contributed by atoms with Crippen LogP contribution in [0.4, 0.5) is 0 Å². The molecule has 0 N–H and O–H groups in total. The van der Waals surface area contributed by atoms with Crippen LogP contribution in [0.2, 0.25) is 0 Å². The van der Waals surface area contributed by atoms with Crippen LogP contribution in [0.5, 0.6) is 5.75 Å². The molecule has 0 aliphatic rings. The molecule has 0 bridgehead atoms. The lowest BCUT2D eigenvalue weighted by molar-refractivity contribution is 0.415. The summed E-state index contributed by atoms with van der Waals surface area (Å²) in [7, 11) is 1.45. The zero-order valence-electron chi connectivity index (χ0n) is 9.55. The van der Waals surface area contributed by atoms with Crippen molar-refractivity contribution in [3.63, 3.8) is 0 Å². The largest absolute Gasteiger partial charge is 0.497 e. The Morgan fingerprint density at radius 2 is 1.38 bits per heavy atom. The van der Waals surface area contributed by atoms with Crippen molar-refractivity contribution >= 4 is 18.5 Å². The van der Waals surface area contributed by atoms with E-state index in [9.17, 15) is 0 Å². The van der Waals surface area contributed by atoms with Crippen molar-refractivity contribution in [3.8, 4) is 5.75 Å². The minimum Gasteiger partial charge on any atom is -0.497 e. The summed E-state index contributed by atoms with van der Waals surface area (Å²) >= 11 is 0. The van der Waals surface area contributed by atoms with Crippen molar-refractivity contribution in [2.75, 3.05) is 13.8 Å². The first-order valence-corrected chi connectivity index (χ1v) is 7.03. The lowest BCUT2D eigenvalue weighted by Gasteiger charge is -2.13. The van der Waals surface area contributed by atoms with Gasteiger partial charge in [0.2, 0.25) is 0 Å². The van der Waals surface area contributed by atoms with Gasteiger partial charge < -0.3 is 4.74 Å². The molecule has 0 saturated carbocycles. The first-order valence-electron chi connectivity index (χ1n) is 5.24. The molecule has 82 valence electrons. The number of hydrogen-bond acceptors (Lipinski definition) is 1. The SMILES string of the molecule is COc1ccc([P@@](C)c2ccccc2)cc1. The maximum Gasteiger partial charge on any atom is 0.118 e. The van der Waals surface area contributed by atoms with E-state index in [1.807, 2.05) is 12.1 Å². The lowest BCUT2D eigenvalue weighted by atomic mass is 10.3. The van der Waals surface area contributed by atoms with Crippen LogP contribution in [0.15, 0.2) is 54.6 Å². The van der Waals surface area contributed by atoms with Crippen LogP contribution in [0.3, 0.4) is 0 Å². The summed E-state index contributed by atoms with van der Waals surface area (Å²) in [5.74, 6) is 0.917. The van der Waals surface area contributed by atoms with E-state index in [1.54, 1.807) is 7.11 Å². The molecule has 0 aromatic heterocycles. The molecule has 0 amide bonds. The van der Waals surface area contributed by atoms with Crippen molar-refractivity contribution in [3.05, 3.63) is 54.6 Å². The highest BCUT2D eigenvalue weighted by atomic mass is 31.1. The normalized spacial score (nSPS) is 12.1. The number of rotatable bonds is 3. The van der Waals surface area contributed by atoms with Gasteiger partial charge in [-0.3, -0.25) is 0 Å².